The van der Waals surface area contributed by atoms with E-state index in [9.17, 15) is 20.0 Å². The van der Waals surface area contributed by atoms with Gasteiger partial charge in [-0.05, 0) is 18.4 Å². The average molecular weight is 281 g/mol. The van der Waals surface area contributed by atoms with Crippen molar-refractivity contribution in [2.45, 2.75) is 38.7 Å². The van der Waals surface area contributed by atoms with E-state index in [4.69, 9.17) is 4.74 Å². The maximum atomic E-state index is 11.4. The van der Waals surface area contributed by atoms with Crippen molar-refractivity contribution in [1.82, 2.24) is 0 Å². The monoisotopic (exact) mass is 281 g/mol. The number of unbranched alkanes of at least 4 members (excludes halogenated alkanes) is 1. The quantitative estimate of drug-likeness (QED) is 0.342. The number of nitrogens with zero attached hydrogens (tertiary/aromatic N) is 1. The van der Waals surface area contributed by atoms with Crippen LogP contribution in [0.15, 0.2) is 24.3 Å². The minimum atomic E-state index is -0.909. The van der Waals surface area contributed by atoms with Crippen molar-refractivity contribution < 1.29 is 19.6 Å². The van der Waals surface area contributed by atoms with Gasteiger partial charge in [0, 0.05) is 18.6 Å². The Hall–Kier alpha value is -1.95. The number of hydrogen-bond acceptors (Lipinski definition) is 5. The Labute approximate surface area is 117 Å². The van der Waals surface area contributed by atoms with Crippen LogP contribution < -0.4 is 0 Å². The molecule has 6 heteroatoms. The Morgan fingerprint density at radius 3 is 2.90 bits per heavy atom. The molecule has 20 heavy (non-hydrogen) atoms. The van der Waals surface area contributed by atoms with Crippen molar-refractivity contribution >= 4 is 11.7 Å². The highest BCUT2D eigenvalue weighted by atomic mass is 16.6. The summed E-state index contributed by atoms with van der Waals surface area (Å²) in [5.74, 6) is -0.358. The van der Waals surface area contributed by atoms with E-state index in [0.29, 0.717) is 12.2 Å². The van der Waals surface area contributed by atoms with Gasteiger partial charge in [0.25, 0.3) is 5.69 Å². The van der Waals surface area contributed by atoms with Crippen LogP contribution in [0.2, 0.25) is 0 Å². The van der Waals surface area contributed by atoms with E-state index in [2.05, 4.69) is 0 Å². The van der Waals surface area contributed by atoms with E-state index < -0.39 is 11.0 Å². The smallest absolute Gasteiger partial charge is 0.305 e. The predicted molar refractivity (Wildman–Crippen MR) is 73.2 cm³/mol. The number of nitro benzene ring substituents is 1. The molecule has 1 rings (SSSR count). The highest BCUT2D eigenvalue weighted by Gasteiger charge is 2.14. The van der Waals surface area contributed by atoms with Gasteiger partial charge >= 0.3 is 5.97 Å². The Morgan fingerprint density at radius 2 is 2.25 bits per heavy atom. The number of esters is 1. The van der Waals surface area contributed by atoms with Gasteiger partial charge in [0.2, 0.25) is 0 Å². The molecule has 0 aliphatic heterocycles. The van der Waals surface area contributed by atoms with Gasteiger partial charge in [0.1, 0.15) is 0 Å². The van der Waals surface area contributed by atoms with E-state index in [-0.39, 0.29) is 24.5 Å². The molecule has 1 unspecified atom stereocenters. The van der Waals surface area contributed by atoms with Gasteiger partial charge in [-0.2, -0.15) is 0 Å². The number of aliphatic hydroxyl groups excluding tert-OH is 1. The number of aliphatic hydroxyl groups is 1. The van der Waals surface area contributed by atoms with Gasteiger partial charge in [-0.1, -0.05) is 25.5 Å². The van der Waals surface area contributed by atoms with Crippen LogP contribution in [-0.2, 0) is 9.53 Å². The molecule has 0 bridgehead atoms. The average Bonchev–Trinajstić information content (AvgIpc) is 2.45. The maximum absolute atomic E-state index is 11.4. The molecule has 1 aromatic carbocycles. The molecule has 6 nitrogen and oxygen atoms in total. The van der Waals surface area contributed by atoms with Gasteiger partial charge in [-0.25, -0.2) is 0 Å². The van der Waals surface area contributed by atoms with Crippen molar-refractivity contribution in [1.29, 1.82) is 0 Å². The summed E-state index contributed by atoms with van der Waals surface area (Å²) in [6.07, 6.45) is 1.14. The summed E-state index contributed by atoms with van der Waals surface area (Å²) >= 11 is 0. The van der Waals surface area contributed by atoms with Crippen molar-refractivity contribution in [3.8, 4) is 0 Å². The molecule has 0 spiro atoms. The number of non-ortho nitro benzene ring substituents is 1. The Balaban J connectivity index is 2.46. The Bertz CT molecular complexity index is 461. The zero-order valence-corrected chi connectivity index (χ0v) is 11.4. The van der Waals surface area contributed by atoms with E-state index >= 15 is 0 Å². The summed E-state index contributed by atoms with van der Waals surface area (Å²) in [7, 11) is 0. The van der Waals surface area contributed by atoms with Crippen molar-refractivity contribution in [2.24, 2.45) is 0 Å². The van der Waals surface area contributed by atoms with E-state index in [1.165, 1.54) is 18.2 Å². The van der Waals surface area contributed by atoms with Gasteiger partial charge < -0.3 is 9.84 Å². The third kappa shape index (κ3) is 5.36. The van der Waals surface area contributed by atoms with Crippen molar-refractivity contribution in [3.63, 3.8) is 0 Å². The second kappa shape index (κ2) is 8.27. The van der Waals surface area contributed by atoms with Crippen LogP contribution in [0.4, 0.5) is 5.69 Å². The third-order valence-electron chi connectivity index (χ3n) is 2.85. The van der Waals surface area contributed by atoms with Gasteiger partial charge in [0.15, 0.2) is 0 Å². The second-order valence-corrected chi connectivity index (χ2v) is 4.48. The van der Waals surface area contributed by atoms with Crippen LogP contribution in [0.5, 0.6) is 0 Å². The fraction of sp³-hybridized carbons (Fsp3) is 0.500. The molecule has 0 saturated heterocycles. The lowest BCUT2D eigenvalue weighted by Crippen LogP contribution is -2.08. The number of carbonyl (C=O) groups is 1. The molecule has 110 valence electrons. The highest BCUT2D eigenvalue weighted by Crippen LogP contribution is 2.22. The molecule has 0 heterocycles. The van der Waals surface area contributed by atoms with Crippen molar-refractivity contribution in [2.75, 3.05) is 6.61 Å². The molecule has 1 aromatic rings. The summed E-state index contributed by atoms with van der Waals surface area (Å²) < 4.78 is 4.97. The van der Waals surface area contributed by atoms with Crippen LogP contribution in [-0.4, -0.2) is 22.6 Å². The topological polar surface area (TPSA) is 89.7 Å². The van der Waals surface area contributed by atoms with Gasteiger partial charge in [-0.15, -0.1) is 0 Å². The first-order valence-corrected chi connectivity index (χ1v) is 6.62. The van der Waals surface area contributed by atoms with Gasteiger partial charge in [-0.3, -0.25) is 14.9 Å². The summed E-state index contributed by atoms with van der Waals surface area (Å²) in [6, 6.07) is 5.78. The van der Waals surface area contributed by atoms with E-state index in [1.807, 2.05) is 6.92 Å². The first-order valence-electron chi connectivity index (χ1n) is 6.62. The molecule has 0 aromatic heterocycles. The number of carbonyl (C=O) groups excluding carboxylic acids is 1. The molecular formula is C14H19NO5. The maximum Gasteiger partial charge on any atom is 0.305 e. The number of hydrogen-bond donors (Lipinski definition) is 1. The lowest BCUT2D eigenvalue weighted by molar-refractivity contribution is -0.385. The van der Waals surface area contributed by atoms with Crippen molar-refractivity contribution in [3.05, 3.63) is 39.9 Å². The summed E-state index contributed by atoms with van der Waals surface area (Å²) in [6.45, 7) is 2.39. The lowest BCUT2D eigenvalue weighted by atomic mass is 10.0. The van der Waals surface area contributed by atoms with Crippen LogP contribution >= 0.6 is 0 Å². The Kier molecular flexibility index (Phi) is 6.66. The first kappa shape index (κ1) is 16.1. The molecule has 1 atom stereocenters. The van der Waals surface area contributed by atoms with E-state index in [1.54, 1.807) is 6.07 Å². The lowest BCUT2D eigenvalue weighted by Gasteiger charge is -2.10. The summed E-state index contributed by atoms with van der Waals surface area (Å²) in [5, 5.41) is 20.6. The minimum absolute atomic E-state index is 0.0768. The standard InChI is InChI=1S/C14H19NO5/c1-2-3-9-20-14(17)8-7-13(16)11-5-4-6-12(10-11)15(18)19/h4-6,10,13,16H,2-3,7-9H2,1H3. The molecular weight excluding hydrogens is 262 g/mol. The molecule has 0 aliphatic carbocycles. The zero-order chi connectivity index (χ0) is 15.0. The normalized spacial score (nSPS) is 11.9. The number of benzene rings is 1. The predicted octanol–water partition coefficient (Wildman–Crippen LogP) is 2.75. The SMILES string of the molecule is CCCCOC(=O)CCC(O)c1cccc([N+](=O)[O-])c1. The van der Waals surface area contributed by atoms with E-state index in [0.717, 1.165) is 12.8 Å². The van der Waals surface area contributed by atoms with Crippen LogP contribution in [0, 0.1) is 10.1 Å². The second-order valence-electron chi connectivity index (χ2n) is 4.48. The zero-order valence-electron chi connectivity index (χ0n) is 11.4. The fourth-order valence-electron chi connectivity index (χ4n) is 1.67. The molecule has 0 radical (unpaired) electrons. The summed E-state index contributed by atoms with van der Waals surface area (Å²) in [5.41, 5.74) is 0.354. The first-order chi connectivity index (χ1) is 9.54. The van der Waals surface area contributed by atoms with Crippen LogP contribution in [0.3, 0.4) is 0 Å². The minimum Gasteiger partial charge on any atom is -0.466 e. The molecule has 0 aliphatic rings. The molecule has 0 fully saturated rings. The third-order valence-corrected chi connectivity index (χ3v) is 2.85. The molecule has 0 saturated carbocycles. The fourth-order valence-corrected chi connectivity index (χ4v) is 1.67. The molecule has 1 N–H and O–H groups in total. The number of ether oxygens (including phenoxy) is 1. The van der Waals surface area contributed by atoms with Crippen LogP contribution in [0.25, 0.3) is 0 Å². The largest absolute Gasteiger partial charge is 0.466 e. The highest BCUT2D eigenvalue weighted by molar-refractivity contribution is 5.69. The van der Waals surface area contributed by atoms with Crippen LogP contribution in [0.1, 0.15) is 44.3 Å². The molecule has 0 amide bonds. The summed E-state index contributed by atoms with van der Waals surface area (Å²) in [4.78, 5) is 21.5. The Morgan fingerprint density at radius 1 is 1.50 bits per heavy atom. The number of nitro groups is 1. The number of rotatable bonds is 8. The van der Waals surface area contributed by atoms with Gasteiger partial charge in [0.05, 0.1) is 17.6 Å².